The molecule has 1 aliphatic carbocycles. The van der Waals surface area contributed by atoms with Crippen molar-refractivity contribution in [2.24, 2.45) is 5.92 Å². The summed E-state index contributed by atoms with van der Waals surface area (Å²) in [7, 11) is 3.71. The van der Waals surface area contributed by atoms with E-state index >= 15 is 0 Å². The molecule has 0 spiro atoms. The summed E-state index contributed by atoms with van der Waals surface area (Å²) in [6, 6.07) is 4.52. The van der Waals surface area contributed by atoms with Gasteiger partial charge in [0, 0.05) is 18.8 Å². The van der Waals surface area contributed by atoms with E-state index in [1.165, 1.54) is 0 Å². The highest BCUT2D eigenvalue weighted by molar-refractivity contribution is 5.72. The van der Waals surface area contributed by atoms with E-state index in [4.69, 9.17) is 9.84 Å². The maximum absolute atomic E-state index is 10.8. The van der Waals surface area contributed by atoms with Crippen LogP contribution in [0.2, 0.25) is 0 Å². The number of anilines is 1. The molecule has 0 aliphatic heterocycles. The second kappa shape index (κ2) is 5.11. The zero-order valence-electron chi connectivity index (χ0n) is 11.9. The number of aliphatic carboxylic acids is 1. The Morgan fingerprint density at radius 2 is 1.84 bits per heavy atom. The second-order valence-electron chi connectivity index (χ2n) is 5.38. The number of nitrogens with zero attached hydrogens (tertiary/aromatic N) is 1. The van der Waals surface area contributed by atoms with Crippen LogP contribution in [0.1, 0.15) is 24.0 Å². The van der Waals surface area contributed by atoms with Crippen LogP contribution in [-0.4, -0.2) is 31.3 Å². The first-order valence-corrected chi connectivity index (χ1v) is 6.55. The average Bonchev–Trinajstić information content (AvgIpc) is 2.25. The third kappa shape index (κ3) is 2.53. The van der Waals surface area contributed by atoms with Gasteiger partial charge in [-0.15, -0.1) is 0 Å². The van der Waals surface area contributed by atoms with Crippen LogP contribution in [-0.2, 0) is 4.79 Å². The molecule has 0 aromatic heterocycles. The highest BCUT2D eigenvalue weighted by Crippen LogP contribution is 2.36. The lowest BCUT2D eigenvalue weighted by Gasteiger charge is -2.40. The van der Waals surface area contributed by atoms with E-state index in [2.05, 4.69) is 17.0 Å². The zero-order chi connectivity index (χ0) is 14.2. The SMILES string of the molecule is COc1c(C)cc(N(C)C2CC(C(=O)O)C2)cc1C. The van der Waals surface area contributed by atoms with Gasteiger partial charge in [-0.05, 0) is 49.9 Å². The first-order chi connectivity index (χ1) is 8.93. The molecule has 4 heteroatoms. The topological polar surface area (TPSA) is 49.8 Å². The molecule has 1 fully saturated rings. The molecule has 1 N–H and O–H groups in total. The predicted octanol–water partition coefficient (Wildman–Crippen LogP) is 2.61. The Labute approximate surface area is 114 Å². The molecular weight excluding hydrogens is 242 g/mol. The number of benzene rings is 1. The van der Waals surface area contributed by atoms with Gasteiger partial charge >= 0.3 is 5.97 Å². The third-order valence-corrected chi connectivity index (χ3v) is 4.07. The van der Waals surface area contributed by atoms with Crippen molar-refractivity contribution in [2.45, 2.75) is 32.7 Å². The molecule has 0 radical (unpaired) electrons. The number of methoxy groups -OCH3 is 1. The minimum Gasteiger partial charge on any atom is -0.496 e. The molecule has 0 atom stereocenters. The van der Waals surface area contributed by atoms with Gasteiger partial charge in [0.15, 0.2) is 0 Å². The number of ether oxygens (including phenoxy) is 1. The molecule has 19 heavy (non-hydrogen) atoms. The number of carbonyl (C=O) groups is 1. The first-order valence-electron chi connectivity index (χ1n) is 6.55. The van der Waals surface area contributed by atoms with Gasteiger partial charge in [0.1, 0.15) is 5.75 Å². The van der Waals surface area contributed by atoms with E-state index in [9.17, 15) is 4.79 Å². The predicted molar refractivity (Wildman–Crippen MR) is 75.0 cm³/mol. The van der Waals surface area contributed by atoms with Crippen molar-refractivity contribution in [2.75, 3.05) is 19.1 Å². The number of rotatable bonds is 4. The monoisotopic (exact) mass is 263 g/mol. The van der Waals surface area contributed by atoms with Gasteiger partial charge in [-0.2, -0.15) is 0 Å². The Morgan fingerprint density at radius 3 is 2.26 bits per heavy atom. The number of carboxylic acid groups (broad SMARTS) is 1. The molecule has 0 unspecified atom stereocenters. The Kier molecular flexibility index (Phi) is 3.69. The van der Waals surface area contributed by atoms with Crippen molar-refractivity contribution in [3.8, 4) is 5.75 Å². The molecular formula is C15H21NO3. The van der Waals surface area contributed by atoms with Crippen LogP contribution in [0.3, 0.4) is 0 Å². The highest BCUT2D eigenvalue weighted by Gasteiger charge is 2.37. The lowest BCUT2D eigenvalue weighted by atomic mass is 9.79. The number of aryl methyl sites for hydroxylation is 2. The maximum atomic E-state index is 10.8. The van der Waals surface area contributed by atoms with Gasteiger partial charge in [0.05, 0.1) is 13.0 Å². The second-order valence-corrected chi connectivity index (χ2v) is 5.38. The minimum absolute atomic E-state index is 0.173. The molecule has 4 nitrogen and oxygen atoms in total. The van der Waals surface area contributed by atoms with Gasteiger partial charge in [0.2, 0.25) is 0 Å². The molecule has 1 aromatic rings. The van der Waals surface area contributed by atoms with Crippen LogP contribution < -0.4 is 9.64 Å². The molecule has 1 saturated carbocycles. The van der Waals surface area contributed by atoms with Crippen LogP contribution in [0.4, 0.5) is 5.69 Å². The largest absolute Gasteiger partial charge is 0.496 e. The Hall–Kier alpha value is -1.71. The summed E-state index contributed by atoms with van der Waals surface area (Å²) >= 11 is 0. The lowest BCUT2D eigenvalue weighted by molar-refractivity contribution is -0.145. The molecule has 0 heterocycles. The molecule has 2 rings (SSSR count). The van der Waals surface area contributed by atoms with Crippen LogP contribution in [0.5, 0.6) is 5.75 Å². The maximum Gasteiger partial charge on any atom is 0.306 e. The first kappa shape index (κ1) is 13.7. The molecule has 1 aliphatic rings. The fourth-order valence-corrected chi connectivity index (χ4v) is 2.77. The van der Waals surface area contributed by atoms with Crippen LogP contribution >= 0.6 is 0 Å². The molecule has 0 saturated heterocycles. The van der Waals surface area contributed by atoms with E-state index in [1.54, 1.807) is 7.11 Å². The quantitative estimate of drug-likeness (QED) is 0.907. The van der Waals surface area contributed by atoms with Crippen LogP contribution in [0.25, 0.3) is 0 Å². The summed E-state index contributed by atoms with van der Waals surface area (Å²) in [5, 5.41) is 8.92. The van der Waals surface area contributed by atoms with Gasteiger partial charge < -0.3 is 14.7 Å². The summed E-state index contributed by atoms with van der Waals surface area (Å²) in [6.07, 6.45) is 1.46. The highest BCUT2D eigenvalue weighted by atomic mass is 16.5. The van der Waals surface area contributed by atoms with Gasteiger partial charge in [-0.3, -0.25) is 4.79 Å². The molecule has 104 valence electrons. The van der Waals surface area contributed by atoms with Crippen molar-refractivity contribution in [1.82, 2.24) is 0 Å². The number of hydrogen-bond acceptors (Lipinski definition) is 3. The summed E-state index contributed by atoms with van der Waals surface area (Å²) < 4.78 is 5.36. The van der Waals surface area contributed by atoms with Crippen LogP contribution in [0.15, 0.2) is 12.1 Å². The Balaban J connectivity index is 2.13. The summed E-state index contributed by atoms with van der Waals surface area (Å²) in [5.41, 5.74) is 3.35. The average molecular weight is 263 g/mol. The van der Waals surface area contributed by atoms with E-state index in [0.29, 0.717) is 6.04 Å². The Bertz CT molecular complexity index is 469. The van der Waals surface area contributed by atoms with Gasteiger partial charge in [0.25, 0.3) is 0 Å². The summed E-state index contributed by atoms with van der Waals surface area (Å²) in [6.45, 7) is 4.06. The van der Waals surface area contributed by atoms with Crippen LogP contribution in [0, 0.1) is 19.8 Å². The van der Waals surface area contributed by atoms with Crippen molar-refractivity contribution in [3.63, 3.8) is 0 Å². The fraction of sp³-hybridized carbons (Fsp3) is 0.533. The third-order valence-electron chi connectivity index (χ3n) is 4.07. The molecule has 0 bridgehead atoms. The zero-order valence-corrected chi connectivity index (χ0v) is 11.9. The van der Waals surface area contributed by atoms with E-state index in [-0.39, 0.29) is 5.92 Å². The number of carboxylic acids is 1. The van der Waals surface area contributed by atoms with Crippen molar-refractivity contribution >= 4 is 11.7 Å². The Morgan fingerprint density at radius 1 is 1.32 bits per heavy atom. The number of hydrogen-bond donors (Lipinski definition) is 1. The minimum atomic E-state index is -0.674. The van der Waals surface area contributed by atoms with Gasteiger partial charge in [-0.1, -0.05) is 0 Å². The molecule has 0 amide bonds. The molecule has 1 aromatic carbocycles. The van der Waals surface area contributed by atoms with E-state index in [0.717, 1.165) is 35.4 Å². The summed E-state index contributed by atoms with van der Waals surface area (Å²) in [4.78, 5) is 13.0. The van der Waals surface area contributed by atoms with Crippen molar-refractivity contribution in [3.05, 3.63) is 23.3 Å². The standard InChI is InChI=1S/C15H21NO3/c1-9-5-12(6-10(2)14(9)19-4)16(3)13-7-11(8-13)15(17)18/h5-6,11,13H,7-8H2,1-4H3,(H,17,18). The van der Waals surface area contributed by atoms with E-state index in [1.807, 2.05) is 20.9 Å². The van der Waals surface area contributed by atoms with Crippen molar-refractivity contribution < 1.29 is 14.6 Å². The lowest BCUT2D eigenvalue weighted by Crippen LogP contribution is -2.45. The van der Waals surface area contributed by atoms with Gasteiger partial charge in [-0.25, -0.2) is 0 Å². The summed E-state index contributed by atoms with van der Waals surface area (Å²) in [5.74, 6) is 0.0776. The van der Waals surface area contributed by atoms with Crippen molar-refractivity contribution in [1.29, 1.82) is 0 Å². The fourth-order valence-electron chi connectivity index (χ4n) is 2.77. The van der Waals surface area contributed by atoms with E-state index < -0.39 is 5.97 Å². The normalized spacial score (nSPS) is 21.7. The smallest absolute Gasteiger partial charge is 0.306 e.